The number of halogens is 1. The first kappa shape index (κ1) is 13.2. The van der Waals surface area contributed by atoms with E-state index in [1.54, 1.807) is 0 Å². The van der Waals surface area contributed by atoms with Crippen LogP contribution in [0.25, 0.3) is 0 Å². The summed E-state index contributed by atoms with van der Waals surface area (Å²) in [7, 11) is 0. The number of hydrogen-bond donors (Lipinski definition) is 1. The van der Waals surface area contributed by atoms with Gasteiger partial charge in [0.15, 0.2) is 0 Å². The van der Waals surface area contributed by atoms with E-state index in [-0.39, 0.29) is 11.0 Å². The molecule has 0 amide bonds. The molecule has 4 heteroatoms. The van der Waals surface area contributed by atoms with Gasteiger partial charge in [0.1, 0.15) is 5.82 Å². The molecule has 0 atom stereocenters. The van der Waals surface area contributed by atoms with Gasteiger partial charge in [-0.15, -0.1) is 0 Å². The highest BCUT2D eigenvalue weighted by Gasteiger charge is 2.19. The highest BCUT2D eigenvalue weighted by Crippen LogP contribution is 2.24. The van der Waals surface area contributed by atoms with Crippen molar-refractivity contribution in [3.63, 3.8) is 0 Å². The SMILES string of the molecule is CC(C)(C)Nc1cc(C(C)(C)C)nc(Cl)n1. The minimum Gasteiger partial charge on any atom is -0.365 e. The second-order valence-electron chi connectivity index (χ2n) is 6.03. The van der Waals surface area contributed by atoms with Crippen LogP contribution in [0.5, 0.6) is 0 Å². The Balaban J connectivity index is 3.09. The fourth-order valence-corrected chi connectivity index (χ4v) is 1.43. The van der Waals surface area contributed by atoms with Gasteiger partial charge in [0.25, 0.3) is 0 Å². The first-order valence-corrected chi connectivity index (χ1v) is 5.79. The maximum Gasteiger partial charge on any atom is 0.224 e. The lowest BCUT2D eigenvalue weighted by Crippen LogP contribution is -2.27. The molecule has 1 heterocycles. The van der Waals surface area contributed by atoms with Gasteiger partial charge in [-0.05, 0) is 32.4 Å². The van der Waals surface area contributed by atoms with Crippen molar-refractivity contribution in [2.24, 2.45) is 0 Å². The van der Waals surface area contributed by atoms with E-state index in [4.69, 9.17) is 11.6 Å². The topological polar surface area (TPSA) is 37.8 Å². The molecule has 1 N–H and O–H groups in total. The van der Waals surface area contributed by atoms with Gasteiger partial charge in [-0.25, -0.2) is 9.97 Å². The van der Waals surface area contributed by atoms with Gasteiger partial charge < -0.3 is 5.32 Å². The predicted octanol–water partition coefficient (Wildman–Crippen LogP) is 3.64. The summed E-state index contributed by atoms with van der Waals surface area (Å²) < 4.78 is 0. The lowest BCUT2D eigenvalue weighted by atomic mass is 9.92. The molecule has 0 bridgehead atoms. The predicted molar refractivity (Wildman–Crippen MR) is 69.1 cm³/mol. The van der Waals surface area contributed by atoms with Crippen molar-refractivity contribution in [2.75, 3.05) is 5.32 Å². The number of hydrogen-bond acceptors (Lipinski definition) is 3. The molecule has 1 rings (SSSR count). The second kappa shape index (κ2) is 4.21. The minimum absolute atomic E-state index is 0.0269. The van der Waals surface area contributed by atoms with Crippen LogP contribution < -0.4 is 5.32 Å². The zero-order valence-corrected chi connectivity index (χ0v) is 11.6. The average molecular weight is 242 g/mol. The molecular formula is C12H20ClN3. The molecule has 0 saturated carbocycles. The molecule has 0 spiro atoms. The molecule has 0 unspecified atom stereocenters. The molecule has 0 aliphatic rings. The molecule has 3 nitrogen and oxygen atoms in total. The third-order valence-electron chi connectivity index (χ3n) is 1.97. The highest BCUT2D eigenvalue weighted by molar-refractivity contribution is 6.28. The van der Waals surface area contributed by atoms with Crippen molar-refractivity contribution in [3.05, 3.63) is 17.0 Å². The van der Waals surface area contributed by atoms with Gasteiger partial charge in [0, 0.05) is 17.0 Å². The van der Waals surface area contributed by atoms with Crippen LogP contribution in [0.1, 0.15) is 47.2 Å². The van der Waals surface area contributed by atoms with E-state index in [1.807, 2.05) is 6.07 Å². The van der Waals surface area contributed by atoms with E-state index in [2.05, 4.69) is 56.8 Å². The summed E-state index contributed by atoms with van der Waals surface area (Å²) in [6.07, 6.45) is 0. The highest BCUT2D eigenvalue weighted by atomic mass is 35.5. The molecule has 0 saturated heterocycles. The molecule has 1 aromatic heterocycles. The van der Waals surface area contributed by atoms with E-state index in [9.17, 15) is 0 Å². The lowest BCUT2D eigenvalue weighted by Gasteiger charge is -2.23. The summed E-state index contributed by atoms with van der Waals surface area (Å²) in [5, 5.41) is 3.59. The van der Waals surface area contributed by atoms with E-state index < -0.39 is 0 Å². The quantitative estimate of drug-likeness (QED) is 0.763. The standard InChI is InChI=1S/C12H20ClN3/c1-11(2,3)8-7-9(15-10(13)14-8)16-12(4,5)6/h7H,1-6H3,(H,14,15,16). The van der Waals surface area contributed by atoms with Crippen LogP contribution in [-0.2, 0) is 5.41 Å². The smallest absolute Gasteiger partial charge is 0.224 e. The maximum atomic E-state index is 5.92. The van der Waals surface area contributed by atoms with Crippen LogP contribution >= 0.6 is 11.6 Å². The van der Waals surface area contributed by atoms with Crippen LogP contribution in [0.2, 0.25) is 5.28 Å². The summed E-state index contributed by atoms with van der Waals surface area (Å²) >= 11 is 5.92. The van der Waals surface area contributed by atoms with E-state index in [0.29, 0.717) is 5.28 Å². The summed E-state index contributed by atoms with van der Waals surface area (Å²) in [5.41, 5.74) is 0.882. The molecule has 0 radical (unpaired) electrons. The van der Waals surface area contributed by atoms with Crippen LogP contribution in [0.4, 0.5) is 5.82 Å². The molecule has 90 valence electrons. The largest absolute Gasteiger partial charge is 0.365 e. The maximum absolute atomic E-state index is 5.92. The zero-order chi connectivity index (χ0) is 12.6. The number of rotatable bonds is 1. The number of anilines is 1. The third kappa shape index (κ3) is 3.97. The van der Waals surface area contributed by atoms with Crippen molar-refractivity contribution in [1.82, 2.24) is 9.97 Å². The summed E-state index contributed by atoms with van der Waals surface area (Å²) in [4.78, 5) is 8.43. The van der Waals surface area contributed by atoms with Gasteiger partial charge in [0.2, 0.25) is 5.28 Å². The van der Waals surface area contributed by atoms with Gasteiger partial charge in [-0.1, -0.05) is 20.8 Å². The van der Waals surface area contributed by atoms with Crippen LogP contribution in [0, 0.1) is 0 Å². The van der Waals surface area contributed by atoms with Crippen molar-refractivity contribution >= 4 is 17.4 Å². The number of aromatic nitrogens is 2. The van der Waals surface area contributed by atoms with E-state index in [0.717, 1.165) is 11.5 Å². The minimum atomic E-state index is -0.0349. The van der Waals surface area contributed by atoms with Crippen LogP contribution in [0.3, 0.4) is 0 Å². The van der Waals surface area contributed by atoms with Crippen LogP contribution in [-0.4, -0.2) is 15.5 Å². The van der Waals surface area contributed by atoms with Gasteiger partial charge in [-0.3, -0.25) is 0 Å². The molecule has 0 fully saturated rings. The fraction of sp³-hybridized carbons (Fsp3) is 0.667. The molecule has 0 aromatic carbocycles. The Morgan fingerprint density at radius 1 is 1.06 bits per heavy atom. The summed E-state index contributed by atoms with van der Waals surface area (Å²) in [6, 6.07) is 1.96. The first-order chi connectivity index (χ1) is 7.08. The average Bonchev–Trinajstić information content (AvgIpc) is 1.97. The summed E-state index contributed by atoms with van der Waals surface area (Å²) in [6.45, 7) is 12.6. The van der Waals surface area contributed by atoms with Crippen molar-refractivity contribution in [3.8, 4) is 0 Å². The van der Waals surface area contributed by atoms with Crippen LogP contribution in [0.15, 0.2) is 6.07 Å². The van der Waals surface area contributed by atoms with E-state index >= 15 is 0 Å². The van der Waals surface area contributed by atoms with Crippen molar-refractivity contribution < 1.29 is 0 Å². The lowest BCUT2D eigenvalue weighted by molar-refractivity contribution is 0.565. The molecule has 1 aromatic rings. The Bertz CT molecular complexity index is 375. The number of nitrogens with one attached hydrogen (secondary N) is 1. The van der Waals surface area contributed by atoms with Crippen molar-refractivity contribution in [2.45, 2.75) is 52.5 Å². The molecule has 16 heavy (non-hydrogen) atoms. The Kier molecular flexibility index (Phi) is 3.48. The van der Waals surface area contributed by atoms with E-state index in [1.165, 1.54) is 0 Å². The molecule has 0 aliphatic heterocycles. The molecular weight excluding hydrogens is 222 g/mol. The summed E-state index contributed by atoms with van der Waals surface area (Å²) in [5.74, 6) is 0.775. The number of nitrogens with zero attached hydrogens (tertiary/aromatic N) is 2. The Hall–Kier alpha value is -0.830. The second-order valence-corrected chi connectivity index (χ2v) is 6.37. The van der Waals surface area contributed by atoms with Gasteiger partial charge >= 0.3 is 0 Å². The zero-order valence-electron chi connectivity index (χ0n) is 10.8. The fourth-order valence-electron chi connectivity index (χ4n) is 1.25. The third-order valence-corrected chi connectivity index (χ3v) is 2.14. The normalized spacial score (nSPS) is 12.7. The monoisotopic (exact) mass is 241 g/mol. The molecule has 0 aliphatic carbocycles. The Morgan fingerprint density at radius 3 is 2.06 bits per heavy atom. The Labute approximate surface area is 103 Å². The Morgan fingerprint density at radius 2 is 1.62 bits per heavy atom. The first-order valence-electron chi connectivity index (χ1n) is 5.41. The van der Waals surface area contributed by atoms with Gasteiger partial charge in [0.05, 0.1) is 5.69 Å². The van der Waals surface area contributed by atoms with Crippen molar-refractivity contribution in [1.29, 1.82) is 0 Å². The van der Waals surface area contributed by atoms with Gasteiger partial charge in [-0.2, -0.15) is 0 Å².